The summed E-state index contributed by atoms with van der Waals surface area (Å²) in [4.78, 5) is 15.2. The molecule has 1 atom stereocenters. The topological polar surface area (TPSA) is 59.0 Å². The molecule has 5 heteroatoms. The van der Waals surface area contributed by atoms with Crippen LogP contribution < -0.4 is 4.74 Å². The van der Waals surface area contributed by atoms with E-state index in [2.05, 4.69) is 17.0 Å². The number of piperidine rings is 1. The summed E-state index contributed by atoms with van der Waals surface area (Å²) < 4.78 is 10.7. The minimum absolute atomic E-state index is 0.126. The number of benzene rings is 2. The molecule has 1 aliphatic heterocycles. The lowest BCUT2D eigenvalue weighted by Gasteiger charge is -2.41. The first-order valence-corrected chi connectivity index (χ1v) is 9.86. The molecule has 1 aliphatic rings. The lowest BCUT2D eigenvalue weighted by molar-refractivity contribution is -0.159. The van der Waals surface area contributed by atoms with Crippen molar-refractivity contribution in [1.29, 1.82) is 0 Å². The number of phenols is 1. The molecule has 0 amide bonds. The summed E-state index contributed by atoms with van der Waals surface area (Å²) in [5, 5.41) is 10.4. The minimum Gasteiger partial charge on any atom is -0.504 e. The van der Waals surface area contributed by atoms with Crippen LogP contribution in [0.4, 0.5) is 0 Å². The Morgan fingerprint density at radius 1 is 1.18 bits per heavy atom. The molecule has 0 unspecified atom stereocenters. The molecular weight excluding hydrogens is 354 g/mol. The first kappa shape index (κ1) is 20.2. The van der Waals surface area contributed by atoms with Crippen LogP contribution in [0, 0.1) is 5.41 Å². The van der Waals surface area contributed by atoms with Gasteiger partial charge in [0, 0.05) is 18.7 Å². The first-order chi connectivity index (χ1) is 13.6. The molecule has 0 radical (unpaired) electrons. The Labute approximate surface area is 166 Å². The maximum Gasteiger partial charge on any atom is 0.313 e. The minimum atomic E-state index is -0.565. The van der Waals surface area contributed by atoms with Crippen LogP contribution in [0.3, 0.4) is 0 Å². The van der Waals surface area contributed by atoms with Crippen molar-refractivity contribution >= 4 is 5.97 Å². The van der Waals surface area contributed by atoms with Crippen LogP contribution in [0.15, 0.2) is 48.5 Å². The fourth-order valence-electron chi connectivity index (χ4n) is 4.12. The highest BCUT2D eigenvalue weighted by Gasteiger charge is 2.43. The van der Waals surface area contributed by atoms with Gasteiger partial charge in [-0.3, -0.25) is 9.69 Å². The largest absolute Gasteiger partial charge is 0.504 e. The fraction of sp³-hybridized carbons (Fsp3) is 0.435. The van der Waals surface area contributed by atoms with Crippen LogP contribution >= 0.6 is 0 Å². The average molecular weight is 383 g/mol. The number of carbonyl (C=O) groups excluding carboxylic acids is 1. The maximum absolute atomic E-state index is 13.0. The SMILES string of the molecule is CCOC(=O)[C@]1(Cc2ccccc2)CCCN(Cc2cccc(OC)c2O)C1. The Balaban J connectivity index is 1.82. The molecule has 1 N–H and O–H groups in total. The summed E-state index contributed by atoms with van der Waals surface area (Å²) in [6.45, 7) is 4.29. The predicted molar refractivity (Wildman–Crippen MR) is 108 cm³/mol. The average Bonchev–Trinajstić information content (AvgIpc) is 2.71. The summed E-state index contributed by atoms with van der Waals surface area (Å²) in [5.41, 5.74) is 1.38. The van der Waals surface area contributed by atoms with Gasteiger partial charge in [0.15, 0.2) is 11.5 Å². The molecule has 0 aliphatic carbocycles. The Hall–Kier alpha value is -2.53. The third-order valence-corrected chi connectivity index (χ3v) is 5.45. The number of aromatic hydroxyl groups is 1. The van der Waals surface area contributed by atoms with E-state index in [0.717, 1.165) is 30.5 Å². The number of para-hydroxylation sites is 1. The molecule has 0 spiro atoms. The van der Waals surface area contributed by atoms with Crippen LogP contribution in [-0.2, 0) is 22.5 Å². The zero-order chi connectivity index (χ0) is 20.0. The Kier molecular flexibility index (Phi) is 6.57. The summed E-state index contributed by atoms with van der Waals surface area (Å²) in [6, 6.07) is 15.6. The third kappa shape index (κ3) is 4.47. The van der Waals surface area contributed by atoms with Crippen molar-refractivity contribution in [3.05, 3.63) is 59.7 Å². The summed E-state index contributed by atoms with van der Waals surface area (Å²) in [5.74, 6) is 0.509. The van der Waals surface area contributed by atoms with E-state index >= 15 is 0 Å². The van der Waals surface area contributed by atoms with E-state index in [1.165, 1.54) is 0 Å². The smallest absolute Gasteiger partial charge is 0.313 e. The second-order valence-electron chi connectivity index (χ2n) is 7.45. The number of esters is 1. The Morgan fingerprint density at radius 3 is 2.68 bits per heavy atom. The van der Waals surface area contributed by atoms with Gasteiger partial charge in [0.2, 0.25) is 0 Å². The molecule has 3 rings (SSSR count). The van der Waals surface area contributed by atoms with E-state index in [4.69, 9.17) is 9.47 Å². The molecule has 0 aromatic heterocycles. The zero-order valence-electron chi connectivity index (χ0n) is 16.7. The highest BCUT2D eigenvalue weighted by molar-refractivity contribution is 5.77. The molecule has 2 aromatic carbocycles. The molecule has 150 valence electrons. The third-order valence-electron chi connectivity index (χ3n) is 5.45. The number of methoxy groups -OCH3 is 1. The van der Waals surface area contributed by atoms with Gasteiger partial charge in [0.05, 0.1) is 19.1 Å². The Morgan fingerprint density at radius 2 is 1.96 bits per heavy atom. The molecule has 1 heterocycles. The molecule has 1 fully saturated rings. The van der Waals surface area contributed by atoms with E-state index in [1.807, 2.05) is 37.3 Å². The maximum atomic E-state index is 13.0. The molecule has 1 saturated heterocycles. The molecular formula is C23H29NO4. The van der Waals surface area contributed by atoms with E-state index in [9.17, 15) is 9.90 Å². The van der Waals surface area contributed by atoms with Crippen molar-refractivity contribution in [1.82, 2.24) is 4.90 Å². The van der Waals surface area contributed by atoms with Crippen molar-refractivity contribution in [2.24, 2.45) is 5.41 Å². The molecule has 2 aromatic rings. The van der Waals surface area contributed by atoms with Crippen molar-refractivity contribution in [3.63, 3.8) is 0 Å². The van der Waals surface area contributed by atoms with E-state index in [-0.39, 0.29) is 11.7 Å². The quantitative estimate of drug-likeness (QED) is 0.737. The number of phenolic OH excluding ortho intramolecular Hbond substituents is 1. The van der Waals surface area contributed by atoms with Crippen molar-refractivity contribution in [2.75, 3.05) is 26.8 Å². The molecule has 5 nitrogen and oxygen atoms in total. The monoisotopic (exact) mass is 383 g/mol. The predicted octanol–water partition coefficient (Wildman–Crippen LogP) is 3.79. The number of carbonyl (C=O) groups is 1. The number of likely N-dealkylation sites (tertiary alicyclic amines) is 1. The van der Waals surface area contributed by atoms with Crippen LogP contribution in [0.2, 0.25) is 0 Å². The van der Waals surface area contributed by atoms with Crippen LogP contribution in [0.1, 0.15) is 30.9 Å². The van der Waals surface area contributed by atoms with Gasteiger partial charge in [0.25, 0.3) is 0 Å². The summed E-state index contributed by atoms with van der Waals surface area (Å²) >= 11 is 0. The van der Waals surface area contributed by atoms with Gasteiger partial charge in [-0.2, -0.15) is 0 Å². The highest BCUT2D eigenvalue weighted by atomic mass is 16.5. The van der Waals surface area contributed by atoms with Crippen molar-refractivity contribution < 1.29 is 19.4 Å². The van der Waals surface area contributed by atoms with Crippen molar-refractivity contribution in [2.45, 2.75) is 32.7 Å². The van der Waals surface area contributed by atoms with Gasteiger partial charge in [-0.25, -0.2) is 0 Å². The van der Waals surface area contributed by atoms with Crippen LogP contribution in [0.5, 0.6) is 11.5 Å². The lowest BCUT2D eigenvalue weighted by Crippen LogP contribution is -2.49. The van der Waals surface area contributed by atoms with Gasteiger partial charge in [-0.1, -0.05) is 42.5 Å². The zero-order valence-corrected chi connectivity index (χ0v) is 16.7. The summed E-state index contributed by atoms with van der Waals surface area (Å²) in [7, 11) is 1.55. The van der Waals surface area contributed by atoms with Gasteiger partial charge in [-0.05, 0) is 44.4 Å². The number of hydrogen-bond acceptors (Lipinski definition) is 5. The molecule has 28 heavy (non-hydrogen) atoms. The fourth-order valence-corrected chi connectivity index (χ4v) is 4.12. The number of hydrogen-bond donors (Lipinski definition) is 1. The standard InChI is InChI=1S/C23H29NO4/c1-3-28-22(26)23(15-18-9-5-4-6-10-18)13-8-14-24(17-23)16-19-11-7-12-20(27-2)21(19)25/h4-7,9-12,25H,3,8,13-17H2,1-2H3/t23-/m0/s1. The van der Waals surface area contributed by atoms with Gasteiger partial charge >= 0.3 is 5.97 Å². The Bertz CT molecular complexity index is 792. The lowest BCUT2D eigenvalue weighted by atomic mass is 9.75. The van der Waals surface area contributed by atoms with E-state index in [1.54, 1.807) is 13.2 Å². The van der Waals surface area contributed by atoms with E-state index in [0.29, 0.717) is 31.9 Å². The second-order valence-corrected chi connectivity index (χ2v) is 7.45. The normalized spacial score (nSPS) is 19.9. The molecule has 0 saturated carbocycles. The van der Waals surface area contributed by atoms with Gasteiger partial charge in [0.1, 0.15) is 0 Å². The van der Waals surface area contributed by atoms with Gasteiger partial charge < -0.3 is 14.6 Å². The number of ether oxygens (including phenoxy) is 2. The van der Waals surface area contributed by atoms with Gasteiger partial charge in [-0.15, -0.1) is 0 Å². The van der Waals surface area contributed by atoms with Crippen molar-refractivity contribution in [3.8, 4) is 11.5 Å². The van der Waals surface area contributed by atoms with Crippen LogP contribution in [-0.4, -0.2) is 42.8 Å². The highest BCUT2D eigenvalue weighted by Crippen LogP contribution is 2.37. The first-order valence-electron chi connectivity index (χ1n) is 9.86. The van der Waals surface area contributed by atoms with E-state index < -0.39 is 5.41 Å². The second kappa shape index (κ2) is 9.11. The van der Waals surface area contributed by atoms with Crippen LogP contribution in [0.25, 0.3) is 0 Å². The molecule has 0 bridgehead atoms. The number of rotatable bonds is 7. The summed E-state index contributed by atoms with van der Waals surface area (Å²) in [6.07, 6.45) is 2.38. The number of nitrogens with zero attached hydrogens (tertiary/aromatic N) is 1.